The summed E-state index contributed by atoms with van der Waals surface area (Å²) < 4.78 is 13.4. The van der Waals surface area contributed by atoms with E-state index >= 15 is 0 Å². The van der Waals surface area contributed by atoms with Gasteiger partial charge in [0.25, 0.3) is 0 Å². The molecule has 1 fully saturated rings. The predicted octanol–water partition coefficient (Wildman–Crippen LogP) is 3.61. The van der Waals surface area contributed by atoms with Gasteiger partial charge < -0.3 is 10.6 Å². The Labute approximate surface area is 123 Å². The van der Waals surface area contributed by atoms with E-state index in [0.717, 1.165) is 12.8 Å². The molecular formula is C15H19FN2OS. The number of thiocarbonyl (C=S) groups is 1. The average Bonchev–Trinajstić information content (AvgIpc) is 2.42. The Morgan fingerprint density at radius 1 is 1.25 bits per heavy atom. The van der Waals surface area contributed by atoms with Gasteiger partial charge in [-0.25, -0.2) is 4.39 Å². The van der Waals surface area contributed by atoms with E-state index in [9.17, 15) is 9.18 Å². The van der Waals surface area contributed by atoms with Gasteiger partial charge in [-0.2, -0.15) is 0 Å². The Morgan fingerprint density at radius 3 is 2.65 bits per heavy atom. The normalized spacial score (nSPS) is 15.7. The van der Waals surface area contributed by atoms with Crippen molar-refractivity contribution in [3.05, 3.63) is 30.1 Å². The fourth-order valence-electron chi connectivity index (χ4n) is 2.55. The maximum atomic E-state index is 13.4. The lowest BCUT2D eigenvalue weighted by molar-refractivity contribution is -0.120. The Kier molecular flexibility index (Phi) is 5.47. The van der Waals surface area contributed by atoms with Crippen LogP contribution in [0.15, 0.2) is 24.3 Å². The zero-order valence-electron chi connectivity index (χ0n) is 11.3. The van der Waals surface area contributed by atoms with E-state index < -0.39 is 5.82 Å². The van der Waals surface area contributed by atoms with Gasteiger partial charge in [0.15, 0.2) is 5.11 Å². The standard InChI is InChI=1S/C15H19FN2OS/c16-12-8-4-5-9-13(12)17-15(20)18-14(19)10-11-6-2-1-3-7-11/h4-5,8-9,11H,1-3,6-7,10H2,(H2,17,18,19,20). The molecule has 1 aliphatic rings. The molecule has 0 spiro atoms. The first-order valence-corrected chi connectivity index (χ1v) is 7.41. The van der Waals surface area contributed by atoms with Gasteiger partial charge in [0, 0.05) is 6.42 Å². The molecule has 1 amide bonds. The largest absolute Gasteiger partial charge is 0.330 e. The van der Waals surface area contributed by atoms with Crippen LogP contribution in [-0.2, 0) is 4.79 Å². The molecule has 0 atom stereocenters. The number of para-hydroxylation sites is 1. The van der Waals surface area contributed by atoms with E-state index in [4.69, 9.17) is 12.2 Å². The fraction of sp³-hybridized carbons (Fsp3) is 0.467. The van der Waals surface area contributed by atoms with E-state index in [1.165, 1.54) is 25.3 Å². The highest BCUT2D eigenvalue weighted by atomic mass is 32.1. The van der Waals surface area contributed by atoms with Crippen LogP contribution < -0.4 is 10.6 Å². The second kappa shape index (κ2) is 7.33. The highest BCUT2D eigenvalue weighted by Crippen LogP contribution is 2.26. The van der Waals surface area contributed by atoms with Gasteiger partial charge in [-0.3, -0.25) is 4.79 Å². The van der Waals surface area contributed by atoms with E-state index in [1.54, 1.807) is 18.2 Å². The molecular weight excluding hydrogens is 275 g/mol. The first-order chi connectivity index (χ1) is 9.65. The van der Waals surface area contributed by atoms with Crippen molar-refractivity contribution in [1.29, 1.82) is 0 Å². The Morgan fingerprint density at radius 2 is 1.95 bits per heavy atom. The van der Waals surface area contributed by atoms with E-state index in [1.807, 2.05) is 0 Å². The first-order valence-electron chi connectivity index (χ1n) is 7.00. The first kappa shape index (κ1) is 14.9. The highest BCUT2D eigenvalue weighted by Gasteiger charge is 2.17. The Bertz CT molecular complexity index is 487. The summed E-state index contributed by atoms with van der Waals surface area (Å²) in [5.74, 6) is -0.0258. The van der Waals surface area contributed by atoms with Crippen LogP contribution in [0.4, 0.5) is 10.1 Å². The van der Waals surface area contributed by atoms with Gasteiger partial charge >= 0.3 is 0 Å². The van der Waals surface area contributed by atoms with Crippen molar-refractivity contribution in [3.63, 3.8) is 0 Å². The summed E-state index contributed by atoms with van der Waals surface area (Å²) in [6, 6.07) is 6.23. The molecule has 0 aromatic heterocycles. The van der Waals surface area contributed by atoms with Crippen molar-refractivity contribution in [2.45, 2.75) is 38.5 Å². The summed E-state index contributed by atoms with van der Waals surface area (Å²) in [5.41, 5.74) is 0.274. The van der Waals surface area contributed by atoms with Crippen molar-refractivity contribution in [2.75, 3.05) is 5.32 Å². The smallest absolute Gasteiger partial charge is 0.226 e. The molecule has 5 heteroatoms. The molecule has 1 aromatic carbocycles. The molecule has 1 aromatic rings. The van der Waals surface area contributed by atoms with Crippen LogP contribution in [0.2, 0.25) is 0 Å². The third-order valence-corrected chi connectivity index (χ3v) is 3.78. The van der Waals surface area contributed by atoms with Gasteiger partial charge in [-0.1, -0.05) is 31.4 Å². The lowest BCUT2D eigenvalue weighted by Gasteiger charge is -2.21. The lowest BCUT2D eigenvalue weighted by atomic mass is 9.87. The maximum absolute atomic E-state index is 13.4. The van der Waals surface area contributed by atoms with Crippen LogP contribution in [0.25, 0.3) is 0 Å². The molecule has 2 rings (SSSR count). The second-order valence-corrected chi connectivity index (χ2v) is 5.60. The number of hydrogen-bond acceptors (Lipinski definition) is 2. The van der Waals surface area contributed by atoms with Crippen LogP contribution in [-0.4, -0.2) is 11.0 Å². The molecule has 0 radical (unpaired) electrons. The summed E-state index contributed by atoms with van der Waals surface area (Å²) in [6.07, 6.45) is 6.40. The second-order valence-electron chi connectivity index (χ2n) is 5.19. The molecule has 0 bridgehead atoms. The molecule has 108 valence electrons. The summed E-state index contributed by atoms with van der Waals surface area (Å²) in [7, 11) is 0. The molecule has 3 nitrogen and oxygen atoms in total. The summed E-state index contributed by atoms with van der Waals surface area (Å²) in [6.45, 7) is 0. The molecule has 0 heterocycles. The third-order valence-electron chi connectivity index (χ3n) is 3.57. The monoisotopic (exact) mass is 294 g/mol. The fourth-order valence-corrected chi connectivity index (χ4v) is 2.77. The van der Waals surface area contributed by atoms with Gasteiger partial charge in [0.2, 0.25) is 5.91 Å². The molecule has 0 aliphatic heterocycles. The predicted molar refractivity (Wildman–Crippen MR) is 82.0 cm³/mol. The van der Waals surface area contributed by atoms with E-state index in [0.29, 0.717) is 12.3 Å². The number of anilines is 1. The zero-order valence-corrected chi connectivity index (χ0v) is 12.1. The molecule has 1 saturated carbocycles. The highest BCUT2D eigenvalue weighted by molar-refractivity contribution is 7.80. The number of carbonyl (C=O) groups is 1. The topological polar surface area (TPSA) is 41.1 Å². The van der Waals surface area contributed by atoms with E-state index in [2.05, 4.69) is 10.6 Å². The summed E-state index contributed by atoms with van der Waals surface area (Å²) in [4.78, 5) is 11.9. The van der Waals surface area contributed by atoms with Crippen molar-refractivity contribution in [2.24, 2.45) is 5.92 Å². The van der Waals surface area contributed by atoms with Crippen LogP contribution in [0.3, 0.4) is 0 Å². The van der Waals surface area contributed by atoms with Gasteiger partial charge in [0.05, 0.1) is 5.69 Å². The van der Waals surface area contributed by atoms with Crippen molar-refractivity contribution < 1.29 is 9.18 Å². The number of nitrogens with one attached hydrogen (secondary N) is 2. The van der Waals surface area contributed by atoms with Crippen LogP contribution >= 0.6 is 12.2 Å². The molecule has 0 unspecified atom stereocenters. The number of rotatable bonds is 3. The molecule has 20 heavy (non-hydrogen) atoms. The zero-order chi connectivity index (χ0) is 14.4. The van der Waals surface area contributed by atoms with Crippen molar-refractivity contribution in [3.8, 4) is 0 Å². The summed E-state index contributed by atoms with van der Waals surface area (Å²) >= 11 is 5.03. The van der Waals surface area contributed by atoms with Gasteiger partial charge in [-0.15, -0.1) is 0 Å². The molecule has 0 saturated heterocycles. The molecule has 2 N–H and O–H groups in total. The number of halogens is 1. The quantitative estimate of drug-likeness (QED) is 0.837. The lowest BCUT2D eigenvalue weighted by Crippen LogP contribution is -2.35. The van der Waals surface area contributed by atoms with Crippen molar-refractivity contribution in [1.82, 2.24) is 5.32 Å². The number of carbonyl (C=O) groups excluding carboxylic acids is 1. The van der Waals surface area contributed by atoms with Gasteiger partial charge in [-0.05, 0) is 43.1 Å². The van der Waals surface area contributed by atoms with Crippen LogP contribution in [0.1, 0.15) is 38.5 Å². The minimum absolute atomic E-state index is 0.0919. The molecule has 1 aliphatic carbocycles. The Balaban J connectivity index is 1.79. The average molecular weight is 294 g/mol. The van der Waals surface area contributed by atoms with E-state index in [-0.39, 0.29) is 16.7 Å². The SMILES string of the molecule is O=C(CC1CCCCC1)NC(=S)Nc1ccccc1F. The van der Waals surface area contributed by atoms with Crippen LogP contribution in [0.5, 0.6) is 0 Å². The van der Waals surface area contributed by atoms with Crippen molar-refractivity contribution >= 4 is 28.9 Å². The third kappa shape index (κ3) is 4.56. The van der Waals surface area contributed by atoms with Crippen LogP contribution in [0, 0.1) is 11.7 Å². The minimum Gasteiger partial charge on any atom is -0.330 e. The Hall–Kier alpha value is -1.49. The number of amides is 1. The minimum atomic E-state index is -0.392. The number of hydrogen-bond donors (Lipinski definition) is 2. The maximum Gasteiger partial charge on any atom is 0.226 e. The van der Waals surface area contributed by atoms with Gasteiger partial charge in [0.1, 0.15) is 5.82 Å². The summed E-state index contributed by atoms with van der Waals surface area (Å²) in [5, 5.41) is 5.47. The number of benzene rings is 1.